The predicted octanol–water partition coefficient (Wildman–Crippen LogP) is 5.38. The van der Waals surface area contributed by atoms with Crippen LogP contribution in [0.15, 0.2) is 85.3 Å². The van der Waals surface area contributed by atoms with E-state index < -0.39 is 11.7 Å². The predicted molar refractivity (Wildman–Crippen MR) is 161 cm³/mol. The number of imidazole rings is 1. The van der Waals surface area contributed by atoms with Crippen LogP contribution < -0.4 is 15.4 Å². The molecule has 1 fully saturated rings. The highest BCUT2D eigenvalue weighted by Gasteiger charge is 2.41. The van der Waals surface area contributed by atoms with Crippen LogP contribution in [0, 0.1) is 11.2 Å². The van der Waals surface area contributed by atoms with Crippen molar-refractivity contribution < 1.29 is 23.4 Å². The number of nitrogens with zero attached hydrogens (tertiary/aromatic N) is 4. The molecule has 0 unspecified atom stereocenters. The van der Waals surface area contributed by atoms with Gasteiger partial charge in [0, 0.05) is 24.5 Å². The monoisotopic (exact) mass is 595 g/mol. The van der Waals surface area contributed by atoms with E-state index >= 15 is 0 Å². The van der Waals surface area contributed by atoms with Gasteiger partial charge in [0.15, 0.2) is 5.82 Å². The van der Waals surface area contributed by atoms with Crippen molar-refractivity contribution in [1.82, 2.24) is 24.9 Å². The number of halogens is 1. The summed E-state index contributed by atoms with van der Waals surface area (Å²) < 4.78 is 31.0. The van der Waals surface area contributed by atoms with Crippen LogP contribution in [-0.4, -0.2) is 51.2 Å². The molecule has 1 amide bonds. The van der Waals surface area contributed by atoms with Gasteiger partial charge < -0.3 is 29.8 Å². The second-order valence-corrected chi connectivity index (χ2v) is 10.5. The zero-order valence-electron chi connectivity index (χ0n) is 24.1. The molecule has 0 radical (unpaired) electrons. The van der Waals surface area contributed by atoms with Gasteiger partial charge in [-0.25, -0.2) is 19.3 Å². The summed E-state index contributed by atoms with van der Waals surface area (Å²) in [6.45, 7) is 2.47. The highest BCUT2D eigenvalue weighted by atomic mass is 19.1. The molecule has 0 spiro atoms. The van der Waals surface area contributed by atoms with E-state index in [9.17, 15) is 9.18 Å². The molecule has 4 heterocycles. The Morgan fingerprint density at radius 1 is 1.05 bits per heavy atom. The van der Waals surface area contributed by atoms with Crippen molar-refractivity contribution in [3.63, 3.8) is 0 Å². The van der Waals surface area contributed by atoms with Gasteiger partial charge in [0.05, 0.1) is 54.7 Å². The van der Waals surface area contributed by atoms with Gasteiger partial charge in [0.25, 0.3) is 0 Å². The zero-order chi connectivity index (χ0) is 30.5. The molecular formula is C32H30FN7O4. The molecule has 0 aliphatic carbocycles. The van der Waals surface area contributed by atoms with Crippen LogP contribution >= 0.6 is 0 Å². The summed E-state index contributed by atoms with van der Waals surface area (Å²) in [7, 11) is 1.63. The van der Waals surface area contributed by atoms with Crippen molar-refractivity contribution >= 4 is 17.5 Å². The van der Waals surface area contributed by atoms with Crippen LogP contribution in [0.4, 0.5) is 16.0 Å². The molecule has 44 heavy (non-hydrogen) atoms. The third-order valence-corrected chi connectivity index (χ3v) is 7.16. The van der Waals surface area contributed by atoms with E-state index in [1.54, 1.807) is 63.0 Å². The van der Waals surface area contributed by atoms with Crippen molar-refractivity contribution in [2.24, 2.45) is 5.41 Å². The molecule has 5 aromatic rings. The van der Waals surface area contributed by atoms with E-state index in [1.165, 1.54) is 12.1 Å². The number of pyridine rings is 1. The standard InChI is InChI=1S/C32H30FN7O4/c1-32(30(41)37-23-4-3-14-34-17-23)18-43-29(44-19-32)28-39-26(21-7-9-22(33)10-8-21)27(40-28)25-13-15-35-31(38-25)36-16-20-5-11-24(42-2)12-6-20/h3-15,17,29H,16,18-19H2,1-2H3,(H,37,41)(H,39,40)(H,35,36,38). The van der Waals surface area contributed by atoms with E-state index in [-0.39, 0.29) is 24.9 Å². The second kappa shape index (κ2) is 12.6. The lowest BCUT2D eigenvalue weighted by Gasteiger charge is -2.35. The minimum absolute atomic E-state index is 0.0958. The van der Waals surface area contributed by atoms with Gasteiger partial charge in [-0.05, 0) is 67.1 Å². The van der Waals surface area contributed by atoms with E-state index in [0.717, 1.165) is 11.3 Å². The Labute approximate surface area is 252 Å². The van der Waals surface area contributed by atoms with Crippen LogP contribution in [0.2, 0.25) is 0 Å². The van der Waals surface area contributed by atoms with Crippen LogP contribution in [0.25, 0.3) is 22.6 Å². The molecule has 1 aliphatic heterocycles. The third kappa shape index (κ3) is 6.41. The molecule has 11 nitrogen and oxygen atoms in total. The second-order valence-electron chi connectivity index (χ2n) is 10.5. The maximum atomic E-state index is 13.8. The van der Waals surface area contributed by atoms with E-state index in [4.69, 9.17) is 24.2 Å². The van der Waals surface area contributed by atoms with Crippen molar-refractivity contribution in [2.45, 2.75) is 19.8 Å². The topological polar surface area (TPSA) is 136 Å². The Morgan fingerprint density at radius 3 is 2.52 bits per heavy atom. The molecule has 0 saturated carbocycles. The number of methoxy groups -OCH3 is 1. The summed E-state index contributed by atoms with van der Waals surface area (Å²) in [6.07, 6.45) is 3.99. The number of hydrogen-bond donors (Lipinski definition) is 3. The van der Waals surface area contributed by atoms with Crippen LogP contribution in [0.5, 0.6) is 5.75 Å². The summed E-state index contributed by atoms with van der Waals surface area (Å²) in [5, 5.41) is 6.10. The first-order valence-corrected chi connectivity index (χ1v) is 13.9. The number of aromatic nitrogens is 5. The first-order chi connectivity index (χ1) is 21.4. The SMILES string of the molecule is COc1ccc(CNc2nccc(-c3[nH]c(C4OCC(C)(C(=O)Nc5cccnc5)CO4)nc3-c3ccc(F)cc3)n2)cc1. The lowest BCUT2D eigenvalue weighted by Crippen LogP contribution is -2.45. The number of carbonyl (C=O) groups is 1. The number of carbonyl (C=O) groups excluding carboxylic acids is 1. The number of ether oxygens (including phenoxy) is 3. The number of amides is 1. The molecule has 0 bridgehead atoms. The van der Waals surface area contributed by atoms with Crippen molar-refractivity contribution in [3.05, 3.63) is 103 Å². The Bertz CT molecular complexity index is 1720. The Morgan fingerprint density at radius 2 is 1.82 bits per heavy atom. The minimum Gasteiger partial charge on any atom is -0.497 e. The summed E-state index contributed by atoms with van der Waals surface area (Å²) in [5.41, 5.74) is 3.04. The number of anilines is 2. The maximum absolute atomic E-state index is 13.8. The first-order valence-electron chi connectivity index (χ1n) is 13.9. The fourth-order valence-electron chi connectivity index (χ4n) is 4.63. The summed E-state index contributed by atoms with van der Waals surface area (Å²) >= 11 is 0. The van der Waals surface area contributed by atoms with Gasteiger partial charge in [0.1, 0.15) is 11.6 Å². The minimum atomic E-state index is -0.932. The van der Waals surface area contributed by atoms with E-state index in [0.29, 0.717) is 46.7 Å². The summed E-state index contributed by atoms with van der Waals surface area (Å²) in [6, 6.07) is 19.0. The zero-order valence-corrected chi connectivity index (χ0v) is 24.1. The fraction of sp³-hybridized carbons (Fsp3) is 0.219. The van der Waals surface area contributed by atoms with Gasteiger partial charge >= 0.3 is 0 Å². The summed E-state index contributed by atoms with van der Waals surface area (Å²) in [4.78, 5) is 34.2. The smallest absolute Gasteiger partial charge is 0.235 e. The quantitative estimate of drug-likeness (QED) is 0.205. The number of benzene rings is 2. The molecule has 224 valence electrons. The number of rotatable bonds is 9. The molecule has 12 heteroatoms. The molecular weight excluding hydrogens is 565 g/mol. The highest BCUT2D eigenvalue weighted by Crippen LogP contribution is 2.36. The first kappa shape index (κ1) is 28.9. The molecule has 1 aliphatic rings. The van der Waals surface area contributed by atoms with Crippen LogP contribution in [0.1, 0.15) is 24.6 Å². The number of hydrogen-bond acceptors (Lipinski definition) is 9. The Balaban J connectivity index is 1.22. The van der Waals surface area contributed by atoms with Crippen molar-refractivity contribution in [1.29, 1.82) is 0 Å². The van der Waals surface area contributed by atoms with E-state index in [2.05, 4.69) is 25.6 Å². The molecule has 3 aromatic heterocycles. The molecule has 0 atom stereocenters. The average Bonchev–Trinajstić information content (AvgIpc) is 3.51. The molecule has 3 N–H and O–H groups in total. The average molecular weight is 596 g/mol. The third-order valence-electron chi connectivity index (χ3n) is 7.16. The van der Waals surface area contributed by atoms with Gasteiger partial charge in [-0.1, -0.05) is 12.1 Å². The van der Waals surface area contributed by atoms with Gasteiger partial charge in [-0.3, -0.25) is 9.78 Å². The Hall–Kier alpha value is -5.20. The largest absolute Gasteiger partial charge is 0.497 e. The van der Waals surface area contributed by atoms with Gasteiger partial charge in [-0.15, -0.1) is 0 Å². The van der Waals surface area contributed by atoms with Crippen LogP contribution in [0.3, 0.4) is 0 Å². The molecule has 2 aromatic carbocycles. The Kier molecular flexibility index (Phi) is 8.26. The summed E-state index contributed by atoms with van der Waals surface area (Å²) in [5.74, 6) is 0.979. The highest BCUT2D eigenvalue weighted by molar-refractivity contribution is 5.95. The van der Waals surface area contributed by atoms with Crippen molar-refractivity contribution in [3.8, 4) is 28.4 Å². The number of H-pyrrole nitrogens is 1. The normalized spacial score (nSPS) is 18.0. The van der Waals surface area contributed by atoms with Crippen LogP contribution in [-0.2, 0) is 20.8 Å². The lowest BCUT2D eigenvalue weighted by molar-refractivity contribution is -0.229. The van der Waals surface area contributed by atoms with Gasteiger partial charge in [-0.2, -0.15) is 0 Å². The van der Waals surface area contributed by atoms with Crippen molar-refractivity contribution in [2.75, 3.05) is 31.0 Å². The molecule has 6 rings (SSSR count). The number of aromatic amines is 1. The van der Waals surface area contributed by atoms with Gasteiger partial charge in [0.2, 0.25) is 18.1 Å². The number of nitrogens with one attached hydrogen (secondary N) is 3. The maximum Gasteiger partial charge on any atom is 0.235 e. The van der Waals surface area contributed by atoms with E-state index in [1.807, 2.05) is 24.3 Å². The lowest BCUT2D eigenvalue weighted by atomic mass is 9.91. The fourth-order valence-corrected chi connectivity index (χ4v) is 4.63. The molecule has 1 saturated heterocycles.